The summed E-state index contributed by atoms with van der Waals surface area (Å²) in [6.07, 6.45) is 0. The van der Waals surface area contributed by atoms with Crippen molar-refractivity contribution in [1.29, 1.82) is 0 Å². The molecule has 0 bridgehead atoms. The third kappa shape index (κ3) is 56.5. The summed E-state index contributed by atoms with van der Waals surface area (Å²) >= 11 is 0. The first-order chi connectivity index (χ1) is 0. The van der Waals surface area contributed by atoms with Gasteiger partial charge in [0.05, 0.1) is 0 Å². The first kappa shape index (κ1) is 105. The summed E-state index contributed by atoms with van der Waals surface area (Å²) in [6, 6.07) is 0. The van der Waals surface area contributed by atoms with Gasteiger partial charge in [-0.05, 0) is 0 Å². The number of hydrogen-bond acceptors (Lipinski definition) is 0. The van der Waals surface area contributed by atoms with Crippen LogP contribution in [-0.4, -0.2) is 0 Å². The van der Waals surface area contributed by atoms with E-state index in [0.29, 0.717) is 0 Å². The van der Waals surface area contributed by atoms with Crippen molar-refractivity contribution in [3.8, 4) is 0 Å². The third-order valence-electron chi connectivity index (χ3n) is 0. The summed E-state index contributed by atoms with van der Waals surface area (Å²) in [5, 5.41) is 0. The summed E-state index contributed by atoms with van der Waals surface area (Å²) in [5.41, 5.74) is 0. The maximum Gasteiger partial charge on any atom is 4.00 e. The Labute approximate surface area is 127 Å². The molecular formula is Na3O4Ru-. The van der Waals surface area contributed by atoms with Crippen LogP contribution in [0.2, 0.25) is 0 Å². The van der Waals surface area contributed by atoms with Crippen molar-refractivity contribution in [3.63, 3.8) is 0 Å². The molecule has 0 fully saturated rings. The number of rotatable bonds is 0. The van der Waals surface area contributed by atoms with Gasteiger partial charge in [0.25, 0.3) is 0 Å². The molecule has 0 saturated heterocycles. The quantitative estimate of drug-likeness (QED) is 0.370. The van der Waals surface area contributed by atoms with E-state index in [4.69, 9.17) is 0 Å². The predicted molar refractivity (Wildman–Crippen MR) is 2.75 cm³/mol. The van der Waals surface area contributed by atoms with E-state index in [1.165, 1.54) is 0 Å². The van der Waals surface area contributed by atoms with Crippen molar-refractivity contribution in [3.05, 3.63) is 0 Å². The fourth-order valence-corrected chi connectivity index (χ4v) is 0. The van der Waals surface area contributed by atoms with Crippen LogP contribution < -0.4 is 88.7 Å². The van der Waals surface area contributed by atoms with Gasteiger partial charge in [0.1, 0.15) is 0 Å². The van der Waals surface area contributed by atoms with E-state index in [-0.39, 0.29) is 130 Å². The van der Waals surface area contributed by atoms with Crippen LogP contribution in [0.1, 0.15) is 0 Å². The molecule has 0 aliphatic carbocycles. The van der Waals surface area contributed by atoms with Crippen LogP contribution in [0, 0.1) is 0 Å². The molecule has 4 nitrogen and oxygen atoms in total. The minimum absolute atomic E-state index is 0. The summed E-state index contributed by atoms with van der Waals surface area (Å²) < 4.78 is 0. The molecule has 0 aromatic carbocycles. The van der Waals surface area contributed by atoms with Gasteiger partial charge in [-0.2, -0.15) is 0 Å². The monoisotopic (exact) mass is 235 g/mol. The van der Waals surface area contributed by atoms with Gasteiger partial charge in [-0.3, -0.25) is 0 Å². The van der Waals surface area contributed by atoms with Crippen LogP contribution in [0.3, 0.4) is 0 Å². The molecule has 0 aromatic rings. The smallest absolute Gasteiger partial charge is 2.00 e. The van der Waals surface area contributed by atoms with Crippen LogP contribution in [0.4, 0.5) is 0 Å². The zero-order chi connectivity index (χ0) is 0. The van der Waals surface area contributed by atoms with Crippen molar-refractivity contribution in [1.82, 2.24) is 0 Å². The van der Waals surface area contributed by atoms with Gasteiger partial charge in [0, 0.05) is 0 Å². The molecular weight excluding hydrogens is 234 g/mol. The predicted octanol–water partition coefficient (Wildman–Crippen LogP) is -9.47. The summed E-state index contributed by atoms with van der Waals surface area (Å²) in [4.78, 5) is 0. The molecule has 0 aliphatic heterocycles. The van der Waals surface area contributed by atoms with Gasteiger partial charge in [0.2, 0.25) is 0 Å². The molecule has 0 radical (unpaired) electrons. The van der Waals surface area contributed by atoms with E-state index >= 15 is 0 Å². The minimum Gasteiger partial charge on any atom is -2.00 e. The van der Waals surface area contributed by atoms with E-state index in [1.807, 2.05) is 0 Å². The van der Waals surface area contributed by atoms with Gasteiger partial charge in [0.15, 0.2) is 0 Å². The normalized spacial score (nSPS) is 0. The van der Waals surface area contributed by atoms with Gasteiger partial charge in [-0.1, -0.05) is 0 Å². The summed E-state index contributed by atoms with van der Waals surface area (Å²) in [7, 11) is 0. The maximum atomic E-state index is 0. The van der Waals surface area contributed by atoms with Crippen molar-refractivity contribution in [2.75, 3.05) is 0 Å². The Morgan fingerprint density at radius 2 is 0.375 bits per heavy atom. The molecule has 8 heavy (non-hydrogen) atoms. The second kappa shape index (κ2) is 78.1. The minimum atomic E-state index is 0. The van der Waals surface area contributed by atoms with Gasteiger partial charge in [-0.25, -0.2) is 0 Å². The number of hydrogen-bond donors (Lipinski definition) is 0. The van der Waals surface area contributed by atoms with Crippen molar-refractivity contribution in [2.45, 2.75) is 0 Å². The molecule has 8 heteroatoms. The van der Waals surface area contributed by atoms with Crippen molar-refractivity contribution >= 4 is 0 Å². The van der Waals surface area contributed by atoms with Crippen molar-refractivity contribution < 1.29 is 130 Å². The Morgan fingerprint density at radius 3 is 0.375 bits per heavy atom. The Kier molecular flexibility index (Phi) is 1020. The summed E-state index contributed by atoms with van der Waals surface area (Å²) in [5.74, 6) is 0. The molecule has 0 rings (SSSR count). The van der Waals surface area contributed by atoms with E-state index in [2.05, 4.69) is 0 Å². The van der Waals surface area contributed by atoms with Crippen molar-refractivity contribution in [2.24, 2.45) is 0 Å². The zero-order valence-electron chi connectivity index (χ0n) is 4.99. The molecule has 0 saturated carbocycles. The van der Waals surface area contributed by atoms with Crippen LogP contribution >= 0.6 is 0 Å². The molecule has 0 N–H and O–H groups in total. The fourth-order valence-electron chi connectivity index (χ4n) is 0. The maximum absolute atomic E-state index is 0. The molecule has 0 atom stereocenters. The SMILES string of the molecule is [Na+].[Na+].[Na+].[O-2].[O-2].[O-2].[O-2].[Ru+4]. The van der Waals surface area contributed by atoms with E-state index in [1.54, 1.807) is 0 Å². The Bertz CT molecular complexity index is 11.2. The van der Waals surface area contributed by atoms with Crippen LogP contribution in [-0.2, 0) is 41.4 Å². The van der Waals surface area contributed by atoms with Crippen LogP contribution in [0.15, 0.2) is 0 Å². The molecule has 0 spiro atoms. The first-order valence-electron chi connectivity index (χ1n) is 0. The topological polar surface area (TPSA) is 114 Å². The zero-order valence-corrected chi connectivity index (χ0v) is 12.7. The second-order valence-electron chi connectivity index (χ2n) is 0. The third-order valence-corrected chi connectivity index (χ3v) is 0. The first-order valence-corrected chi connectivity index (χ1v) is 0. The van der Waals surface area contributed by atoms with Gasteiger partial charge in [-0.15, -0.1) is 0 Å². The Morgan fingerprint density at radius 1 is 0.375 bits per heavy atom. The molecule has 0 aliphatic rings. The standard InChI is InChI=1S/3Na.4O.Ru/q3*+1;4*-2;+4. The fraction of sp³-hybridized carbons (Fsp3) is 0. The Balaban J connectivity index is 0. The van der Waals surface area contributed by atoms with E-state index in [9.17, 15) is 0 Å². The average Bonchev–Trinajstić information content (AvgIpc) is 0. The molecule has 0 aromatic heterocycles. The van der Waals surface area contributed by atoms with Gasteiger partial charge < -0.3 is 21.9 Å². The van der Waals surface area contributed by atoms with Crippen LogP contribution in [0.5, 0.6) is 0 Å². The van der Waals surface area contributed by atoms with E-state index in [0.717, 1.165) is 0 Å². The molecule has 0 unspecified atom stereocenters. The van der Waals surface area contributed by atoms with Crippen LogP contribution in [0.25, 0.3) is 0 Å². The van der Waals surface area contributed by atoms with E-state index < -0.39 is 0 Å². The second-order valence-corrected chi connectivity index (χ2v) is 0. The largest absolute Gasteiger partial charge is 4.00 e. The van der Waals surface area contributed by atoms with Gasteiger partial charge >= 0.3 is 108 Å². The molecule has 0 amide bonds. The average molecular weight is 234 g/mol. The molecule has 0 heterocycles. The summed E-state index contributed by atoms with van der Waals surface area (Å²) in [6.45, 7) is 0. The molecule has 36 valence electrons. The Hall–Kier alpha value is 3.46.